The third-order valence-corrected chi connectivity index (χ3v) is 6.61. The first kappa shape index (κ1) is 27.6. The van der Waals surface area contributed by atoms with E-state index >= 15 is 0 Å². The average Bonchev–Trinajstić information content (AvgIpc) is 3.62. The first-order chi connectivity index (χ1) is 18.6. The lowest BCUT2D eigenvalue weighted by atomic mass is 10.2. The molecule has 1 saturated carbocycles. The number of ether oxygens (including phenoxy) is 3. The number of carbonyl (C=O) groups excluding carboxylic acids is 1. The summed E-state index contributed by atoms with van der Waals surface area (Å²) in [6, 6.07) is 3.04. The van der Waals surface area contributed by atoms with Crippen LogP contribution in [0.15, 0.2) is 29.6 Å². The van der Waals surface area contributed by atoms with Crippen LogP contribution in [0.4, 0.5) is 29.3 Å². The first-order valence-electron chi connectivity index (χ1n) is 11.3. The Morgan fingerprint density at radius 1 is 0.949 bits per heavy atom. The summed E-state index contributed by atoms with van der Waals surface area (Å²) in [5, 5.41) is 24.0. The Labute approximate surface area is 222 Å². The smallest absolute Gasteiger partial charge is 0.346 e. The monoisotopic (exact) mass is 566 g/mol. The number of amides is 2. The van der Waals surface area contributed by atoms with Crippen LogP contribution in [0, 0.1) is 23.4 Å². The predicted octanol–water partition coefficient (Wildman–Crippen LogP) is 5.58. The quantitative estimate of drug-likeness (QED) is 0.236. The molecule has 1 aromatic heterocycles. The number of hydrogen-bond acceptors (Lipinski definition) is 7. The SMILES string of the molecule is COc1ccc(F)c(F)c1COc1cc(NC(=O)Nc2csc(C(=O)O)c2C(=O)O)c(F)cc1OCC1CC1. The van der Waals surface area contributed by atoms with Crippen molar-refractivity contribution in [2.45, 2.75) is 19.4 Å². The van der Waals surface area contributed by atoms with Crippen molar-refractivity contribution in [2.24, 2.45) is 5.92 Å². The first-order valence-corrected chi connectivity index (χ1v) is 12.2. The second kappa shape index (κ2) is 11.5. The fraction of sp³-hybridized carbons (Fsp3) is 0.240. The number of methoxy groups -OCH3 is 1. The number of halogens is 3. The molecule has 2 aromatic carbocycles. The van der Waals surface area contributed by atoms with E-state index in [9.17, 15) is 32.7 Å². The zero-order chi connectivity index (χ0) is 28.3. The molecule has 39 heavy (non-hydrogen) atoms. The number of rotatable bonds is 11. The Kier molecular flexibility index (Phi) is 8.14. The van der Waals surface area contributed by atoms with E-state index in [1.54, 1.807) is 0 Å². The van der Waals surface area contributed by atoms with Crippen LogP contribution in [-0.4, -0.2) is 41.9 Å². The normalized spacial score (nSPS) is 12.5. The van der Waals surface area contributed by atoms with Gasteiger partial charge in [0.25, 0.3) is 0 Å². The van der Waals surface area contributed by atoms with E-state index in [0.29, 0.717) is 11.3 Å². The van der Waals surface area contributed by atoms with Crippen LogP contribution >= 0.6 is 11.3 Å². The lowest BCUT2D eigenvalue weighted by Crippen LogP contribution is -2.21. The Morgan fingerprint density at radius 3 is 2.28 bits per heavy atom. The highest BCUT2D eigenvalue weighted by molar-refractivity contribution is 7.13. The average molecular weight is 567 g/mol. The summed E-state index contributed by atoms with van der Waals surface area (Å²) < 4.78 is 59.5. The molecule has 1 fully saturated rings. The van der Waals surface area contributed by atoms with Crippen LogP contribution in [0.2, 0.25) is 0 Å². The number of carbonyl (C=O) groups is 3. The summed E-state index contributed by atoms with van der Waals surface area (Å²) in [7, 11) is 1.27. The van der Waals surface area contributed by atoms with E-state index in [4.69, 9.17) is 19.3 Å². The predicted molar refractivity (Wildman–Crippen MR) is 133 cm³/mol. The van der Waals surface area contributed by atoms with Crippen molar-refractivity contribution in [1.29, 1.82) is 0 Å². The van der Waals surface area contributed by atoms with Gasteiger partial charge in [0.2, 0.25) is 0 Å². The van der Waals surface area contributed by atoms with Gasteiger partial charge in [-0.15, -0.1) is 11.3 Å². The summed E-state index contributed by atoms with van der Waals surface area (Å²) in [4.78, 5) is 34.8. The zero-order valence-corrected chi connectivity index (χ0v) is 21.0. The third kappa shape index (κ3) is 6.34. The number of carboxylic acid groups (broad SMARTS) is 2. The molecule has 1 aliphatic rings. The maximum atomic E-state index is 14.9. The number of hydrogen-bond donors (Lipinski definition) is 4. The molecule has 1 aliphatic carbocycles. The van der Waals surface area contributed by atoms with Crippen LogP contribution in [0.1, 0.15) is 38.4 Å². The van der Waals surface area contributed by atoms with Crippen LogP contribution in [-0.2, 0) is 6.61 Å². The highest BCUT2D eigenvalue weighted by Gasteiger charge is 2.26. The molecule has 3 aromatic rings. The molecular weight excluding hydrogens is 545 g/mol. The van der Waals surface area contributed by atoms with Crippen LogP contribution in [0.5, 0.6) is 17.2 Å². The van der Waals surface area contributed by atoms with Crippen molar-refractivity contribution in [1.82, 2.24) is 0 Å². The molecular formula is C25H21F3N2O8S. The van der Waals surface area contributed by atoms with E-state index in [0.717, 1.165) is 36.4 Å². The van der Waals surface area contributed by atoms with Crippen LogP contribution in [0.25, 0.3) is 0 Å². The van der Waals surface area contributed by atoms with E-state index < -0.39 is 58.2 Å². The summed E-state index contributed by atoms with van der Waals surface area (Å²) in [6.45, 7) is -0.262. The van der Waals surface area contributed by atoms with Gasteiger partial charge in [-0.2, -0.15) is 0 Å². The van der Waals surface area contributed by atoms with E-state index in [1.165, 1.54) is 13.2 Å². The molecule has 2 amide bonds. The summed E-state index contributed by atoms with van der Waals surface area (Å²) in [5.41, 5.74) is -1.60. The molecule has 4 rings (SSSR count). The number of thiophene rings is 1. The molecule has 0 radical (unpaired) electrons. The Bertz CT molecular complexity index is 1440. The summed E-state index contributed by atoms with van der Waals surface area (Å²) >= 11 is 0.590. The topological polar surface area (TPSA) is 143 Å². The number of nitrogens with one attached hydrogen (secondary N) is 2. The van der Waals surface area contributed by atoms with Crippen molar-refractivity contribution in [3.8, 4) is 17.2 Å². The fourth-order valence-corrected chi connectivity index (χ4v) is 4.32. The minimum atomic E-state index is -1.58. The standard InChI is InChI=1S/C25H21F3N2O8S/c1-36-17-5-4-13(26)21(28)12(17)9-38-19-7-15(14(27)6-18(19)37-8-11-2-3-11)29-25(35)30-16-10-39-22(24(33)34)20(16)23(31)32/h4-7,10-11H,2-3,8-9H2,1H3,(H,31,32)(H,33,34)(H2,29,30,35). The van der Waals surface area contributed by atoms with Crippen LogP contribution in [0.3, 0.4) is 0 Å². The van der Waals surface area contributed by atoms with Gasteiger partial charge in [0.05, 0.1) is 30.7 Å². The highest BCUT2D eigenvalue weighted by Crippen LogP contribution is 2.37. The molecule has 0 bridgehead atoms. The van der Waals surface area contributed by atoms with Gasteiger partial charge in [0.1, 0.15) is 22.8 Å². The van der Waals surface area contributed by atoms with Gasteiger partial charge >= 0.3 is 18.0 Å². The molecule has 0 atom stereocenters. The molecule has 0 aliphatic heterocycles. The lowest BCUT2D eigenvalue weighted by molar-refractivity contribution is 0.0657. The Morgan fingerprint density at radius 2 is 1.64 bits per heavy atom. The molecule has 10 nitrogen and oxygen atoms in total. The largest absolute Gasteiger partial charge is 0.496 e. The van der Waals surface area contributed by atoms with Gasteiger partial charge in [0, 0.05) is 17.5 Å². The van der Waals surface area contributed by atoms with E-state index in [2.05, 4.69) is 10.6 Å². The minimum Gasteiger partial charge on any atom is -0.496 e. The molecule has 0 spiro atoms. The maximum Gasteiger partial charge on any atom is 0.346 e. The molecule has 0 unspecified atom stereocenters. The van der Waals surface area contributed by atoms with Crippen LogP contribution < -0.4 is 24.8 Å². The van der Waals surface area contributed by atoms with Crippen molar-refractivity contribution < 1.29 is 52.0 Å². The van der Waals surface area contributed by atoms with Crippen molar-refractivity contribution in [3.63, 3.8) is 0 Å². The lowest BCUT2D eigenvalue weighted by Gasteiger charge is -2.17. The number of urea groups is 1. The van der Waals surface area contributed by atoms with Gasteiger partial charge in [-0.05, 0) is 30.9 Å². The Hall–Kier alpha value is -4.46. The van der Waals surface area contributed by atoms with E-state index in [-0.39, 0.29) is 41.0 Å². The van der Waals surface area contributed by atoms with Crippen molar-refractivity contribution >= 4 is 40.7 Å². The van der Waals surface area contributed by atoms with Crippen molar-refractivity contribution in [2.75, 3.05) is 24.4 Å². The van der Waals surface area contributed by atoms with Gasteiger partial charge in [0.15, 0.2) is 29.0 Å². The number of benzene rings is 2. The van der Waals surface area contributed by atoms with E-state index in [1.807, 2.05) is 0 Å². The summed E-state index contributed by atoms with van der Waals surface area (Å²) in [6.07, 6.45) is 1.88. The number of anilines is 2. The molecule has 1 heterocycles. The number of aromatic carboxylic acids is 2. The van der Waals surface area contributed by atoms with Gasteiger partial charge in [-0.3, -0.25) is 0 Å². The summed E-state index contributed by atoms with van der Waals surface area (Å²) in [5.74, 6) is -6.18. The number of carboxylic acids is 2. The fourth-order valence-electron chi connectivity index (χ4n) is 3.49. The molecule has 4 N–H and O–H groups in total. The second-order valence-corrected chi connectivity index (χ2v) is 9.29. The van der Waals surface area contributed by atoms with Gasteiger partial charge < -0.3 is 35.1 Å². The van der Waals surface area contributed by atoms with Gasteiger partial charge in [-0.25, -0.2) is 27.6 Å². The third-order valence-electron chi connectivity index (χ3n) is 5.65. The molecule has 0 saturated heterocycles. The highest BCUT2D eigenvalue weighted by atomic mass is 32.1. The van der Waals surface area contributed by atoms with Crippen molar-refractivity contribution in [3.05, 3.63) is 63.1 Å². The molecule has 206 valence electrons. The second-order valence-electron chi connectivity index (χ2n) is 8.41. The Balaban J connectivity index is 1.58. The zero-order valence-electron chi connectivity index (χ0n) is 20.2. The maximum absolute atomic E-state index is 14.9. The van der Waals surface area contributed by atoms with Gasteiger partial charge in [-0.1, -0.05) is 0 Å². The molecule has 14 heteroatoms. The minimum absolute atomic E-state index is 0.0138.